The number of nitrogens with zero attached hydrogens (tertiary/aromatic N) is 3. The van der Waals surface area contributed by atoms with Gasteiger partial charge < -0.3 is 13.6 Å². The molecule has 120 valence electrons. The molecule has 3 aromatic heterocycles. The van der Waals surface area contributed by atoms with Crippen LogP contribution >= 0.6 is 11.3 Å². The molecule has 0 aliphatic rings. The molecule has 0 radical (unpaired) electrons. The number of aromatic nitrogens is 3. The Hall–Kier alpha value is -2.93. The summed E-state index contributed by atoms with van der Waals surface area (Å²) >= 11 is 1.54. The van der Waals surface area contributed by atoms with E-state index in [4.69, 9.17) is 13.6 Å². The number of rotatable bonds is 5. The molecule has 4 aromatic rings. The Morgan fingerprint density at radius 3 is 2.71 bits per heavy atom. The van der Waals surface area contributed by atoms with Crippen molar-refractivity contribution < 1.29 is 13.6 Å². The normalized spacial score (nSPS) is 10.9. The third kappa shape index (κ3) is 3.07. The van der Waals surface area contributed by atoms with Crippen molar-refractivity contribution in [3.63, 3.8) is 0 Å². The van der Waals surface area contributed by atoms with Crippen molar-refractivity contribution in [2.45, 2.75) is 13.5 Å². The first-order valence-electron chi connectivity index (χ1n) is 7.28. The zero-order valence-corrected chi connectivity index (χ0v) is 13.6. The van der Waals surface area contributed by atoms with Crippen LogP contribution in [0.3, 0.4) is 0 Å². The Morgan fingerprint density at radius 1 is 1.12 bits per heavy atom. The van der Waals surface area contributed by atoms with E-state index in [9.17, 15) is 0 Å². The van der Waals surface area contributed by atoms with Gasteiger partial charge in [-0.1, -0.05) is 0 Å². The first-order valence-corrected chi connectivity index (χ1v) is 8.16. The lowest BCUT2D eigenvalue weighted by Crippen LogP contribution is -1.95. The lowest BCUT2D eigenvalue weighted by Gasteiger charge is -2.04. The van der Waals surface area contributed by atoms with Gasteiger partial charge in [0.15, 0.2) is 10.8 Å². The molecular weight excluding hydrogens is 326 g/mol. The Kier molecular flexibility index (Phi) is 3.84. The molecule has 0 fully saturated rings. The second-order valence-electron chi connectivity index (χ2n) is 5.11. The Morgan fingerprint density at radius 2 is 2.00 bits per heavy atom. The molecule has 0 saturated carbocycles. The summed E-state index contributed by atoms with van der Waals surface area (Å²) in [6, 6.07) is 11.3. The number of hydrogen-bond acceptors (Lipinski definition) is 7. The minimum absolute atomic E-state index is 0.399. The molecule has 0 saturated heterocycles. The number of thiazole rings is 1. The first kappa shape index (κ1) is 14.6. The summed E-state index contributed by atoms with van der Waals surface area (Å²) < 4.78 is 16.5. The predicted molar refractivity (Wildman–Crippen MR) is 88.6 cm³/mol. The second kappa shape index (κ2) is 6.29. The number of aryl methyl sites for hydroxylation is 1. The fourth-order valence-corrected chi connectivity index (χ4v) is 2.95. The van der Waals surface area contributed by atoms with E-state index >= 15 is 0 Å². The monoisotopic (exact) mass is 339 g/mol. The minimum Gasteiger partial charge on any atom is -0.487 e. The molecule has 24 heavy (non-hydrogen) atoms. The highest BCUT2D eigenvalue weighted by Crippen LogP contribution is 2.26. The van der Waals surface area contributed by atoms with E-state index < -0.39 is 0 Å². The van der Waals surface area contributed by atoms with E-state index in [-0.39, 0.29) is 0 Å². The van der Waals surface area contributed by atoms with Gasteiger partial charge in [0.2, 0.25) is 12.3 Å². The molecule has 6 nitrogen and oxygen atoms in total. The zero-order chi connectivity index (χ0) is 16.4. The summed E-state index contributed by atoms with van der Waals surface area (Å²) in [6.45, 7) is 2.31. The number of benzene rings is 1. The molecule has 0 amide bonds. The Bertz CT molecular complexity index is 926. The van der Waals surface area contributed by atoms with Gasteiger partial charge in [-0.15, -0.1) is 21.5 Å². The highest BCUT2D eigenvalue weighted by molar-refractivity contribution is 7.13. The van der Waals surface area contributed by atoms with Gasteiger partial charge in [0.05, 0.1) is 5.69 Å². The third-order valence-corrected chi connectivity index (χ3v) is 4.26. The average Bonchev–Trinajstić information content (AvgIpc) is 3.35. The quantitative estimate of drug-likeness (QED) is 0.538. The molecule has 0 atom stereocenters. The Labute approximate surface area is 141 Å². The van der Waals surface area contributed by atoms with E-state index in [2.05, 4.69) is 15.2 Å². The second-order valence-corrected chi connectivity index (χ2v) is 5.97. The van der Waals surface area contributed by atoms with E-state index in [1.807, 2.05) is 48.7 Å². The lowest BCUT2D eigenvalue weighted by molar-refractivity contribution is 0.302. The van der Waals surface area contributed by atoms with E-state index in [1.165, 1.54) is 17.7 Å². The summed E-state index contributed by atoms with van der Waals surface area (Å²) in [5.74, 6) is 2.90. The van der Waals surface area contributed by atoms with Gasteiger partial charge in [0.1, 0.15) is 18.1 Å². The molecule has 0 aliphatic heterocycles. The zero-order valence-electron chi connectivity index (χ0n) is 12.8. The van der Waals surface area contributed by atoms with Crippen LogP contribution in [0.1, 0.15) is 11.5 Å². The third-order valence-electron chi connectivity index (χ3n) is 3.35. The van der Waals surface area contributed by atoms with Crippen molar-refractivity contribution in [1.29, 1.82) is 0 Å². The van der Waals surface area contributed by atoms with Gasteiger partial charge >= 0.3 is 0 Å². The van der Waals surface area contributed by atoms with Crippen LogP contribution < -0.4 is 4.74 Å². The van der Waals surface area contributed by atoms with Crippen LogP contribution in [0.5, 0.6) is 5.75 Å². The summed E-state index contributed by atoms with van der Waals surface area (Å²) in [5, 5.41) is 10.4. The molecule has 1 aromatic carbocycles. The topological polar surface area (TPSA) is 74.2 Å². The van der Waals surface area contributed by atoms with Crippen molar-refractivity contribution >= 4 is 11.3 Å². The maximum atomic E-state index is 5.77. The highest BCUT2D eigenvalue weighted by Gasteiger charge is 2.09. The summed E-state index contributed by atoms with van der Waals surface area (Å²) in [6.07, 6.45) is 1.31. The standard InChI is InChI=1S/C17H13N3O3S/c1-11-2-7-15(23-11)17-19-13(9-24-17)8-21-14-5-3-12(4-6-14)16-20-18-10-22-16/h2-7,9-10H,8H2,1H3. The molecule has 4 rings (SSSR count). The molecule has 3 heterocycles. The van der Waals surface area contributed by atoms with E-state index in [0.29, 0.717) is 12.5 Å². The molecule has 7 heteroatoms. The smallest absolute Gasteiger partial charge is 0.247 e. The maximum absolute atomic E-state index is 5.77. The fraction of sp³-hybridized carbons (Fsp3) is 0.118. The van der Waals surface area contributed by atoms with Crippen LogP contribution in [0.2, 0.25) is 0 Å². The first-order chi connectivity index (χ1) is 11.8. The molecule has 0 bridgehead atoms. The molecule has 0 aliphatic carbocycles. The number of furan rings is 1. The van der Waals surface area contributed by atoms with Crippen LogP contribution in [0.15, 0.2) is 57.0 Å². The van der Waals surface area contributed by atoms with Gasteiger partial charge in [-0.2, -0.15) is 0 Å². The van der Waals surface area contributed by atoms with Crippen molar-refractivity contribution in [3.05, 3.63) is 59.6 Å². The predicted octanol–water partition coefficient (Wildman–Crippen LogP) is 4.34. The Balaban J connectivity index is 1.41. The maximum Gasteiger partial charge on any atom is 0.247 e. The minimum atomic E-state index is 0.399. The van der Waals surface area contributed by atoms with Crippen LogP contribution in [0, 0.1) is 6.92 Å². The van der Waals surface area contributed by atoms with E-state index in [0.717, 1.165) is 33.5 Å². The van der Waals surface area contributed by atoms with Crippen molar-refractivity contribution in [3.8, 4) is 28.0 Å². The lowest BCUT2D eigenvalue weighted by atomic mass is 10.2. The van der Waals surface area contributed by atoms with Crippen LogP contribution in [-0.2, 0) is 6.61 Å². The van der Waals surface area contributed by atoms with Gasteiger partial charge in [0.25, 0.3) is 0 Å². The SMILES string of the molecule is Cc1ccc(-c2nc(COc3ccc(-c4nnco4)cc3)cs2)o1. The van der Waals surface area contributed by atoms with E-state index in [1.54, 1.807) is 0 Å². The largest absolute Gasteiger partial charge is 0.487 e. The van der Waals surface area contributed by atoms with Gasteiger partial charge in [0, 0.05) is 10.9 Å². The summed E-state index contributed by atoms with van der Waals surface area (Å²) in [4.78, 5) is 4.53. The van der Waals surface area contributed by atoms with Crippen LogP contribution in [0.4, 0.5) is 0 Å². The summed E-state index contributed by atoms with van der Waals surface area (Å²) in [7, 11) is 0. The van der Waals surface area contributed by atoms with Crippen LogP contribution in [-0.4, -0.2) is 15.2 Å². The highest BCUT2D eigenvalue weighted by atomic mass is 32.1. The van der Waals surface area contributed by atoms with Gasteiger partial charge in [-0.25, -0.2) is 4.98 Å². The van der Waals surface area contributed by atoms with Crippen molar-refractivity contribution in [1.82, 2.24) is 15.2 Å². The molecule has 0 unspecified atom stereocenters. The average molecular weight is 339 g/mol. The summed E-state index contributed by atoms with van der Waals surface area (Å²) in [5.41, 5.74) is 1.72. The fourth-order valence-electron chi connectivity index (χ4n) is 2.19. The number of hydrogen-bond donors (Lipinski definition) is 0. The van der Waals surface area contributed by atoms with Gasteiger partial charge in [-0.05, 0) is 43.3 Å². The van der Waals surface area contributed by atoms with Crippen molar-refractivity contribution in [2.75, 3.05) is 0 Å². The van der Waals surface area contributed by atoms with Crippen LogP contribution in [0.25, 0.3) is 22.2 Å². The van der Waals surface area contributed by atoms with Crippen molar-refractivity contribution in [2.24, 2.45) is 0 Å². The van der Waals surface area contributed by atoms with Gasteiger partial charge in [-0.3, -0.25) is 0 Å². The molecular formula is C17H13N3O3S. The molecule has 0 spiro atoms. The molecule has 0 N–H and O–H groups in total. The number of ether oxygens (including phenoxy) is 1.